The molecule has 1 atom stereocenters. The minimum absolute atomic E-state index is 0.00478. The van der Waals surface area contributed by atoms with Crippen LogP contribution < -0.4 is 5.32 Å². The number of ether oxygens (including phenoxy) is 1. The standard InChI is InChI=1S/C23H28N4O2/c1-17(27-18(2)25-21-8-3-4-9-22(21)27)23(28)24-15-19-6-5-7-20(14-19)16-26-10-12-29-13-11-26/h3-9,14,17H,10-13,15-16H2,1-2H3,(H,24,28)/t17-/m1/s1. The summed E-state index contributed by atoms with van der Waals surface area (Å²) in [6, 6.07) is 16.1. The van der Waals surface area contributed by atoms with Crippen molar-refractivity contribution < 1.29 is 9.53 Å². The Morgan fingerprint density at radius 2 is 1.90 bits per heavy atom. The van der Waals surface area contributed by atoms with E-state index in [0.29, 0.717) is 6.54 Å². The van der Waals surface area contributed by atoms with E-state index >= 15 is 0 Å². The van der Waals surface area contributed by atoms with Crippen LogP contribution in [0.25, 0.3) is 11.0 Å². The fraction of sp³-hybridized carbons (Fsp3) is 0.391. The highest BCUT2D eigenvalue weighted by Gasteiger charge is 2.19. The first-order valence-corrected chi connectivity index (χ1v) is 10.2. The van der Waals surface area contributed by atoms with E-state index in [2.05, 4.69) is 39.5 Å². The average molecular weight is 393 g/mol. The van der Waals surface area contributed by atoms with Crippen LogP contribution in [0.2, 0.25) is 0 Å². The van der Waals surface area contributed by atoms with Crippen molar-refractivity contribution in [3.8, 4) is 0 Å². The van der Waals surface area contributed by atoms with Gasteiger partial charge in [0.05, 0.1) is 24.2 Å². The molecule has 29 heavy (non-hydrogen) atoms. The molecule has 0 bridgehead atoms. The van der Waals surface area contributed by atoms with Crippen LogP contribution >= 0.6 is 0 Å². The number of hydrogen-bond donors (Lipinski definition) is 1. The highest BCUT2D eigenvalue weighted by molar-refractivity contribution is 5.84. The lowest BCUT2D eigenvalue weighted by molar-refractivity contribution is -0.124. The molecule has 0 unspecified atom stereocenters. The molecule has 3 aromatic rings. The number of benzene rings is 2. The second-order valence-corrected chi connectivity index (χ2v) is 7.62. The summed E-state index contributed by atoms with van der Waals surface area (Å²) in [7, 11) is 0. The minimum atomic E-state index is -0.320. The summed E-state index contributed by atoms with van der Waals surface area (Å²) in [4.78, 5) is 19.8. The number of fused-ring (bicyclic) bond motifs is 1. The number of amides is 1. The fourth-order valence-electron chi connectivity index (χ4n) is 3.96. The van der Waals surface area contributed by atoms with E-state index in [4.69, 9.17) is 4.74 Å². The normalized spacial score (nSPS) is 16.1. The molecule has 2 heterocycles. The number of aromatic nitrogens is 2. The Hall–Kier alpha value is -2.70. The third kappa shape index (κ3) is 4.49. The second kappa shape index (κ2) is 8.76. The van der Waals surface area contributed by atoms with Crippen molar-refractivity contribution in [3.05, 3.63) is 65.5 Å². The Bertz CT molecular complexity index is 991. The molecule has 0 aliphatic carbocycles. The Kier molecular flexibility index (Phi) is 5.92. The molecule has 6 heteroatoms. The van der Waals surface area contributed by atoms with Gasteiger partial charge in [0.2, 0.25) is 5.91 Å². The zero-order chi connectivity index (χ0) is 20.2. The lowest BCUT2D eigenvalue weighted by Crippen LogP contribution is -2.35. The molecule has 1 aliphatic rings. The Labute approximate surface area is 171 Å². The molecule has 0 spiro atoms. The van der Waals surface area contributed by atoms with Crippen molar-refractivity contribution in [1.82, 2.24) is 19.8 Å². The number of carbonyl (C=O) groups excluding carboxylic acids is 1. The van der Waals surface area contributed by atoms with Crippen LogP contribution in [-0.2, 0) is 22.6 Å². The lowest BCUT2D eigenvalue weighted by Gasteiger charge is -2.26. The number of morpholine rings is 1. The van der Waals surface area contributed by atoms with Gasteiger partial charge in [-0.3, -0.25) is 9.69 Å². The molecule has 4 rings (SSSR count). The van der Waals surface area contributed by atoms with E-state index in [1.807, 2.05) is 42.7 Å². The van der Waals surface area contributed by atoms with Gasteiger partial charge in [0.25, 0.3) is 0 Å². The summed E-state index contributed by atoms with van der Waals surface area (Å²) < 4.78 is 7.42. The van der Waals surface area contributed by atoms with E-state index in [9.17, 15) is 4.79 Å². The number of imidazole rings is 1. The Morgan fingerprint density at radius 1 is 1.14 bits per heavy atom. The van der Waals surface area contributed by atoms with Crippen molar-refractivity contribution in [2.75, 3.05) is 26.3 Å². The molecule has 6 nitrogen and oxygen atoms in total. The average Bonchev–Trinajstić information content (AvgIpc) is 3.08. The third-order valence-corrected chi connectivity index (χ3v) is 5.51. The third-order valence-electron chi connectivity index (χ3n) is 5.51. The van der Waals surface area contributed by atoms with Crippen LogP contribution in [0.15, 0.2) is 48.5 Å². The summed E-state index contributed by atoms with van der Waals surface area (Å²) in [5.41, 5.74) is 4.28. The summed E-state index contributed by atoms with van der Waals surface area (Å²) in [5, 5.41) is 3.09. The predicted molar refractivity (Wildman–Crippen MR) is 114 cm³/mol. The number of hydrogen-bond acceptors (Lipinski definition) is 4. The molecule has 0 saturated carbocycles. The van der Waals surface area contributed by atoms with Crippen molar-refractivity contribution in [2.24, 2.45) is 0 Å². The number of aryl methyl sites for hydroxylation is 1. The molecule has 2 aromatic carbocycles. The maximum absolute atomic E-state index is 12.8. The Morgan fingerprint density at radius 3 is 2.72 bits per heavy atom. The number of carbonyl (C=O) groups is 1. The lowest BCUT2D eigenvalue weighted by atomic mass is 10.1. The van der Waals surface area contributed by atoms with Crippen molar-refractivity contribution >= 4 is 16.9 Å². The van der Waals surface area contributed by atoms with E-state index in [0.717, 1.165) is 55.3 Å². The Balaban J connectivity index is 1.40. The summed E-state index contributed by atoms with van der Waals surface area (Å²) in [6.45, 7) is 8.84. The first-order valence-electron chi connectivity index (χ1n) is 10.2. The summed E-state index contributed by atoms with van der Waals surface area (Å²) >= 11 is 0. The minimum Gasteiger partial charge on any atom is -0.379 e. The van der Waals surface area contributed by atoms with Gasteiger partial charge in [-0.25, -0.2) is 4.98 Å². The number of nitrogens with one attached hydrogen (secondary N) is 1. The van der Waals surface area contributed by atoms with Crippen LogP contribution in [0.4, 0.5) is 0 Å². The van der Waals surface area contributed by atoms with Gasteiger partial charge in [-0.1, -0.05) is 36.4 Å². The van der Waals surface area contributed by atoms with Gasteiger partial charge in [0.15, 0.2) is 0 Å². The molecule has 1 fully saturated rings. The van der Waals surface area contributed by atoms with Crippen molar-refractivity contribution in [1.29, 1.82) is 0 Å². The second-order valence-electron chi connectivity index (χ2n) is 7.62. The van der Waals surface area contributed by atoms with Crippen molar-refractivity contribution in [2.45, 2.75) is 33.0 Å². The molecule has 0 radical (unpaired) electrons. The fourth-order valence-corrected chi connectivity index (χ4v) is 3.96. The predicted octanol–water partition coefficient (Wildman–Crippen LogP) is 3.05. The summed E-state index contributed by atoms with van der Waals surface area (Å²) in [5.74, 6) is 0.844. The van der Waals surface area contributed by atoms with Crippen molar-refractivity contribution in [3.63, 3.8) is 0 Å². The van der Waals surface area contributed by atoms with Gasteiger partial charge in [0, 0.05) is 26.2 Å². The van der Waals surface area contributed by atoms with Crippen LogP contribution in [0.3, 0.4) is 0 Å². The zero-order valence-corrected chi connectivity index (χ0v) is 17.1. The smallest absolute Gasteiger partial charge is 0.243 e. The van der Waals surface area contributed by atoms with Gasteiger partial charge >= 0.3 is 0 Å². The zero-order valence-electron chi connectivity index (χ0n) is 17.1. The number of para-hydroxylation sites is 2. The van der Waals surface area contributed by atoms with E-state index in [-0.39, 0.29) is 11.9 Å². The van der Waals surface area contributed by atoms with Gasteiger partial charge in [-0.2, -0.15) is 0 Å². The topological polar surface area (TPSA) is 59.4 Å². The molecule has 1 amide bonds. The monoisotopic (exact) mass is 392 g/mol. The molecular formula is C23H28N4O2. The molecule has 1 saturated heterocycles. The molecular weight excluding hydrogens is 364 g/mol. The largest absolute Gasteiger partial charge is 0.379 e. The molecule has 1 aromatic heterocycles. The summed E-state index contributed by atoms with van der Waals surface area (Å²) in [6.07, 6.45) is 0. The van der Waals surface area contributed by atoms with E-state index in [1.54, 1.807) is 0 Å². The first kappa shape index (κ1) is 19.6. The maximum Gasteiger partial charge on any atom is 0.243 e. The van der Waals surface area contributed by atoms with Crippen LogP contribution in [0.1, 0.15) is 29.9 Å². The van der Waals surface area contributed by atoms with Gasteiger partial charge in [0.1, 0.15) is 11.9 Å². The molecule has 152 valence electrons. The van der Waals surface area contributed by atoms with Crippen LogP contribution in [-0.4, -0.2) is 46.7 Å². The molecule has 1 N–H and O–H groups in total. The van der Waals surface area contributed by atoms with E-state index < -0.39 is 0 Å². The SMILES string of the molecule is Cc1nc2ccccc2n1[C@H](C)C(=O)NCc1cccc(CN2CCOCC2)c1. The van der Waals surface area contributed by atoms with Crippen LogP contribution in [0.5, 0.6) is 0 Å². The maximum atomic E-state index is 12.8. The number of nitrogens with zero attached hydrogens (tertiary/aromatic N) is 3. The highest BCUT2D eigenvalue weighted by atomic mass is 16.5. The highest BCUT2D eigenvalue weighted by Crippen LogP contribution is 2.21. The quantitative estimate of drug-likeness (QED) is 0.700. The number of rotatable bonds is 6. The van der Waals surface area contributed by atoms with Gasteiger partial charge in [-0.15, -0.1) is 0 Å². The van der Waals surface area contributed by atoms with E-state index in [1.165, 1.54) is 5.56 Å². The first-order chi connectivity index (χ1) is 14.1. The molecule has 1 aliphatic heterocycles. The van der Waals surface area contributed by atoms with Crippen LogP contribution in [0, 0.1) is 6.92 Å². The van der Waals surface area contributed by atoms with Gasteiger partial charge in [-0.05, 0) is 37.1 Å². The van der Waals surface area contributed by atoms with Gasteiger partial charge < -0.3 is 14.6 Å².